The molecule has 0 spiro atoms. The van der Waals surface area contributed by atoms with E-state index in [-0.39, 0.29) is 5.91 Å². The summed E-state index contributed by atoms with van der Waals surface area (Å²) < 4.78 is 0. The average molecular weight is 122 g/mol. The molecule has 3 nitrogen and oxygen atoms in total. The van der Waals surface area contributed by atoms with Crippen LogP contribution in [-0.2, 0) is 6.54 Å². The number of rotatable bonds is 0. The Morgan fingerprint density at radius 3 is 3.22 bits per heavy atom. The molecule has 1 aliphatic heterocycles. The van der Waals surface area contributed by atoms with Crippen LogP contribution in [0.15, 0.2) is 12.3 Å². The van der Waals surface area contributed by atoms with Crippen LogP contribution in [0.2, 0.25) is 0 Å². The van der Waals surface area contributed by atoms with Crippen LogP contribution in [0.5, 0.6) is 0 Å². The number of aromatic nitrogens is 1. The zero-order chi connectivity index (χ0) is 6.27. The Morgan fingerprint density at radius 1 is 1.56 bits per heavy atom. The molecule has 0 fully saturated rings. The van der Waals surface area contributed by atoms with Crippen LogP contribution in [0.1, 0.15) is 16.1 Å². The number of aromatic amines is 1. The molecule has 0 unspecified atom stereocenters. The highest BCUT2D eigenvalue weighted by atomic mass is 16.1. The second-order valence-electron chi connectivity index (χ2n) is 2.05. The zero-order valence-corrected chi connectivity index (χ0v) is 4.77. The summed E-state index contributed by atoms with van der Waals surface area (Å²) in [5, 5.41) is 2.69. The fourth-order valence-corrected chi connectivity index (χ4v) is 1.03. The normalized spacial score (nSPS) is 15.3. The Morgan fingerprint density at radius 2 is 2.44 bits per heavy atom. The van der Waals surface area contributed by atoms with Crippen molar-refractivity contribution in [2.24, 2.45) is 0 Å². The molecule has 1 aromatic heterocycles. The lowest BCUT2D eigenvalue weighted by Crippen LogP contribution is -2.12. The first-order chi connectivity index (χ1) is 4.38. The average Bonchev–Trinajstić information content (AvgIpc) is 2.35. The van der Waals surface area contributed by atoms with E-state index in [9.17, 15) is 4.79 Å². The van der Waals surface area contributed by atoms with Gasteiger partial charge in [0.2, 0.25) is 0 Å². The first-order valence-corrected chi connectivity index (χ1v) is 2.82. The number of nitrogens with one attached hydrogen (secondary N) is 2. The van der Waals surface area contributed by atoms with E-state index in [2.05, 4.69) is 10.3 Å². The quantitative estimate of drug-likeness (QED) is 0.509. The summed E-state index contributed by atoms with van der Waals surface area (Å²) in [6.45, 7) is 0.654. The third-order valence-electron chi connectivity index (χ3n) is 1.50. The molecule has 1 aromatic rings. The SMILES string of the molecule is O=C1NCc2[nH]ccc21. The van der Waals surface area contributed by atoms with E-state index in [1.54, 1.807) is 12.3 Å². The van der Waals surface area contributed by atoms with E-state index < -0.39 is 0 Å². The first kappa shape index (κ1) is 4.61. The number of hydrogen-bond donors (Lipinski definition) is 2. The van der Waals surface area contributed by atoms with E-state index in [0.717, 1.165) is 11.3 Å². The Kier molecular flexibility index (Phi) is 0.704. The molecule has 0 saturated heterocycles. The standard InChI is InChI=1S/C6H6N2O/c9-6-4-1-2-7-5(4)3-8-6/h1-2,7H,3H2,(H,8,9). The summed E-state index contributed by atoms with van der Waals surface area (Å²) in [7, 11) is 0. The second kappa shape index (κ2) is 1.37. The van der Waals surface area contributed by atoms with E-state index in [1.807, 2.05) is 0 Å². The minimum Gasteiger partial charge on any atom is -0.363 e. The zero-order valence-electron chi connectivity index (χ0n) is 4.77. The van der Waals surface area contributed by atoms with Crippen molar-refractivity contribution < 1.29 is 4.79 Å². The highest BCUT2D eigenvalue weighted by molar-refractivity contribution is 5.97. The number of amides is 1. The van der Waals surface area contributed by atoms with Gasteiger partial charge >= 0.3 is 0 Å². The number of hydrogen-bond acceptors (Lipinski definition) is 1. The van der Waals surface area contributed by atoms with Gasteiger partial charge in [-0.15, -0.1) is 0 Å². The molecular formula is C6H6N2O. The Hall–Kier alpha value is -1.25. The smallest absolute Gasteiger partial charge is 0.253 e. The van der Waals surface area contributed by atoms with Gasteiger partial charge in [0.15, 0.2) is 0 Å². The maximum absolute atomic E-state index is 10.8. The molecule has 9 heavy (non-hydrogen) atoms. The second-order valence-corrected chi connectivity index (χ2v) is 2.05. The topological polar surface area (TPSA) is 44.9 Å². The van der Waals surface area contributed by atoms with Crippen LogP contribution in [-0.4, -0.2) is 10.9 Å². The molecule has 2 rings (SSSR count). The molecule has 1 aliphatic rings. The van der Waals surface area contributed by atoms with E-state index in [4.69, 9.17) is 0 Å². The molecule has 0 aliphatic carbocycles. The van der Waals surface area contributed by atoms with Gasteiger partial charge in [0.25, 0.3) is 5.91 Å². The van der Waals surface area contributed by atoms with Gasteiger partial charge in [-0.3, -0.25) is 4.79 Å². The molecule has 0 atom stereocenters. The molecule has 1 amide bonds. The van der Waals surface area contributed by atoms with Crippen molar-refractivity contribution >= 4 is 5.91 Å². The van der Waals surface area contributed by atoms with Gasteiger partial charge in [0, 0.05) is 11.9 Å². The number of carbonyl (C=O) groups excluding carboxylic acids is 1. The monoisotopic (exact) mass is 122 g/mol. The van der Waals surface area contributed by atoms with Gasteiger partial charge < -0.3 is 10.3 Å². The van der Waals surface area contributed by atoms with Gasteiger partial charge in [0.1, 0.15) is 0 Å². The largest absolute Gasteiger partial charge is 0.363 e. The minimum atomic E-state index is 0.0336. The fourth-order valence-electron chi connectivity index (χ4n) is 1.03. The maximum atomic E-state index is 10.8. The van der Waals surface area contributed by atoms with Crippen molar-refractivity contribution in [2.45, 2.75) is 6.54 Å². The molecule has 2 heterocycles. The van der Waals surface area contributed by atoms with Crippen molar-refractivity contribution in [3.05, 3.63) is 23.5 Å². The molecular weight excluding hydrogens is 116 g/mol. The lowest BCUT2D eigenvalue weighted by atomic mass is 10.3. The Balaban J connectivity index is 2.61. The fraction of sp³-hybridized carbons (Fsp3) is 0.167. The van der Waals surface area contributed by atoms with Gasteiger partial charge in [-0.1, -0.05) is 0 Å². The van der Waals surface area contributed by atoms with Gasteiger partial charge in [-0.25, -0.2) is 0 Å². The lowest BCUT2D eigenvalue weighted by molar-refractivity contribution is 0.0966. The number of fused-ring (bicyclic) bond motifs is 1. The maximum Gasteiger partial charge on any atom is 0.253 e. The van der Waals surface area contributed by atoms with Crippen molar-refractivity contribution in [3.8, 4) is 0 Å². The van der Waals surface area contributed by atoms with E-state index in [1.165, 1.54) is 0 Å². The van der Waals surface area contributed by atoms with E-state index in [0.29, 0.717) is 6.54 Å². The van der Waals surface area contributed by atoms with Gasteiger partial charge in [-0.2, -0.15) is 0 Å². The van der Waals surface area contributed by atoms with Crippen LogP contribution < -0.4 is 5.32 Å². The van der Waals surface area contributed by atoms with Crippen LogP contribution in [0.3, 0.4) is 0 Å². The summed E-state index contributed by atoms with van der Waals surface area (Å²) in [6.07, 6.45) is 1.78. The van der Waals surface area contributed by atoms with Crippen molar-refractivity contribution in [1.82, 2.24) is 10.3 Å². The molecule has 0 radical (unpaired) electrons. The number of H-pyrrole nitrogens is 1. The summed E-state index contributed by atoms with van der Waals surface area (Å²) in [5.41, 5.74) is 1.79. The first-order valence-electron chi connectivity index (χ1n) is 2.82. The summed E-state index contributed by atoms with van der Waals surface area (Å²) in [5.74, 6) is 0.0336. The van der Waals surface area contributed by atoms with Crippen LogP contribution in [0.4, 0.5) is 0 Å². The Labute approximate surface area is 52.1 Å². The Bertz CT molecular complexity index is 251. The molecule has 46 valence electrons. The summed E-state index contributed by atoms with van der Waals surface area (Å²) >= 11 is 0. The summed E-state index contributed by atoms with van der Waals surface area (Å²) in [4.78, 5) is 13.8. The molecule has 0 aromatic carbocycles. The van der Waals surface area contributed by atoms with Crippen molar-refractivity contribution in [1.29, 1.82) is 0 Å². The molecule has 0 saturated carbocycles. The minimum absolute atomic E-state index is 0.0336. The summed E-state index contributed by atoms with van der Waals surface area (Å²) in [6, 6.07) is 1.79. The lowest BCUT2D eigenvalue weighted by Gasteiger charge is -1.84. The molecule has 0 bridgehead atoms. The van der Waals surface area contributed by atoms with Crippen LogP contribution in [0.25, 0.3) is 0 Å². The van der Waals surface area contributed by atoms with Crippen molar-refractivity contribution in [2.75, 3.05) is 0 Å². The van der Waals surface area contributed by atoms with Gasteiger partial charge in [-0.05, 0) is 6.07 Å². The third kappa shape index (κ3) is 0.483. The predicted molar refractivity (Wildman–Crippen MR) is 32.0 cm³/mol. The highest BCUT2D eigenvalue weighted by Gasteiger charge is 2.18. The number of carbonyl (C=O) groups is 1. The van der Waals surface area contributed by atoms with Gasteiger partial charge in [0.05, 0.1) is 12.1 Å². The molecule has 2 N–H and O–H groups in total. The highest BCUT2D eigenvalue weighted by Crippen LogP contribution is 2.11. The predicted octanol–water partition coefficient (Wildman–Crippen LogP) is 0.258. The van der Waals surface area contributed by atoms with Crippen molar-refractivity contribution in [3.63, 3.8) is 0 Å². The van der Waals surface area contributed by atoms with Crippen LogP contribution in [0, 0.1) is 0 Å². The third-order valence-corrected chi connectivity index (χ3v) is 1.50. The van der Waals surface area contributed by atoms with E-state index >= 15 is 0 Å². The van der Waals surface area contributed by atoms with Crippen LogP contribution >= 0.6 is 0 Å². The molecule has 3 heteroatoms.